The molecule has 0 saturated carbocycles. The van der Waals surface area contributed by atoms with Crippen molar-refractivity contribution in [2.45, 2.75) is 23.7 Å². The fourth-order valence-electron chi connectivity index (χ4n) is 3.37. The molecule has 176 valence electrons. The summed E-state index contributed by atoms with van der Waals surface area (Å²) in [6.07, 6.45) is -4.87. The van der Waals surface area contributed by atoms with E-state index in [-0.39, 0.29) is 9.92 Å². The Hall–Kier alpha value is -3.39. The Labute approximate surface area is 199 Å². The second kappa shape index (κ2) is 9.85. The number of sulfonamides is 1. The maximum absolute atomic E-state index is 13.7. The Morgan fingerprint density at radius 2 is 1.62 bits per heavy atom. The number of nitriles is 1. The number of rotatable bonds is 7. The van der Waals surface area contributed by atoms with E-state index in [0.717, 1.165) is 18.2 Å². The van der Waals surface area contributed by atoms with Crippen molar-refractivity contribution < 1.29 is 26.4 Å². The average Bonchev–Trinajstić information content (AvgIpc) is 2.79. The molecule has 1 unspecified atom stereocenters. The quantitative estimate of drug-likeness (QED) is 0.502. The van der Waals surface area contributed by atoms with Crippen LogP contribution < -0.4 is 5.73 Å². The molecule has 0 aromatic heterocycles. The molecule has 3 aromatic rings. The van der Waals surface area contributed by atoms with Crippen LogP contribution in [0.5, 0.6) is 0 Å². The van der Waals surface area contributed by atoms with E-state index < -0.39 is 45.8 Å². The van der Waals surface area contributed by atoms with Crippen LogP contribution in [0.1, 0.15) is 28.3 Å². The van der Waals surface area contributed by atoms with Crippen LogP contribution in [0, 0.1) is 11.3 Å². The van der Waals surface area contributed by atoms with Gasteiger partial charge in [-0.15, -0.1) is 0 Å². The molecule has 0 fully saturated rings. The number of nitrogens with zero attached hydrogens (tertiary/aromatic N) is 2. The molecule has 0 bridgehead atoms. The van der Waals surface area contributed by atoms with E-state index >= 15 is 0 Å². The molecule has 0 saturated heterocycles. The lowest BCUT2D eigenvalue weighted by atomic mass is 9.99. The number of hydrogen-bond donors (Lipinski definition) is 1. The van der Waals surface area contributed by atoms with E-state index in [4.69, 9.17) is 22.6 Å². The summed E-state index contributed by atoms with van der Waals surface area (Å²) in [5.74, 6) is -1.29. The van der Waals surface area contributed by atoms with Gasteiger partial charge in [-0.2, -0.15) is 22.7 Å². The monoisotopic (exact) mass is 507 g/mol. The highest BCUT2D eigenvalue weighted by Crippen LogP contribution is 2.38. The van der Waals surface area contributed by atoms with Crippen LogP contribution in [-0.2, 0) is 27.5 Å². The van der Waals surface area contributed by atoms with Crippen LogP contribution >= 0.6 is 11.6 Å². The number of amides is 1. The zero-order valence-electron chi connectivity index (χ0n) is 17.3. The average molecular weight is 508 g/mol. The van der Waals surface area contributed by atoms with Gasteiger partial charge >= 0.3 is 6.18 Å². The van der Waals surface area contributed by atoms with Gasteiger partial charge < -0.3 is 5.73 Å². The third kappa shape index (κ3) is 5.39. The Morgan fingerprint density at radius 3 is 2.15 bits per heavy atom. The molecule has 0 aliphatic heterocycles. The molecule has 1 amide bonds. The summed E-state index contributed by atoms with van der Waals surface area (Å²) >= 11 is 5.85. The first-order valence-electron chi connectivity index (χ1n) is 9.67. The summed E-state index contributed by atoms with van der Waals surface area (Å²) in [5, 5.41) is 9.23. The maximum Gasteiger partial charge on any atom is 0.416 e. The fourth-order valence-corrected chi connectivity index (χ4v) is 5.06. The Kier molecular flexibility index (Phi) is 7.31. The van der Waals surface area contributed by atoms with Gasteiger partial charge in [0, 0.05) is 11.6 Å². The Morgan fingerprint density at radius 1 is 1.03 bits per heavy atom. The van der Waals surface area contributed by atoms with Crippen LogP contribution in [0.25, 0.3) is 0 Å². The molecule has 6 nitrogen and oxygen atoms in total. The first-order chi connectivity index (χ1) is 15.9. The largest absolute Gasteiger partial charge is 0.416 e. The van der Waals surface area contributed by atoms with Gasteiger partial charge in [-0.25, -0.2) is 8.42 Å². The van der Waals surface area contributed by atoms with Crippen LogP contribution in [0.4, 0.5) is 13.2 Å². The summed E-state index contributed by atoms with van der Waals surface area (Å²) in [4.78, 5) is 12.2. The van der Waals surface area contributed by atoms with E-state index in [2.05, 4.69) is 0 Å². The Balaban J connectivity index is 2.23. The topological polar surface area (TPSA) is 104 Å². The third-order valence-corrected chi connectivity index (χ3v) is 7.04. The van der Waals surface area contributed by atoms with Crippen molar-refractivity contribution in [2.75, 3.05) is 0 Å². The number of alkyl halides is 3. The number of benzene rings is 3. The zero-order chi connectivity index (χ0) is 25.1. The standard InChI is InChI=1S/C23H17ClF3N3O3S/c24-17-9-11-18(12-10-17)34(32,33)30(14-16-7-5-15(13-28)6-8-16)21(22(29)31)19-3-1-2-4-20(19)23(25,26)27/h1-12,21H,14H2,(H2,29,31). The van der Waals surface area contributed by atoms with Crippen LogP contribution in [0.2, 0.25) is 5.02 Å². The maximum atomic E-state index is 13.7. The molecule has 3 aromatic carbocycles. The number of primary amides is 1. The number of hydrogen-bond acceptors (Lipinski definition) is 4. The van der Waals surface area contributed by atoms with Gasteiger partial charge in [0.2, 0.25) is 15.9 Å². The second-order valence-corrected chi connectivity index (χ2v) is 9.53. The van der Waals surface area contributed by atoms with Gasteiger partial charge in [-0.3, -0.25) is 4.79 Å². The molecule has 11 heteroatoms. The summed E-state index contributed by atoms with van der Waals surface area (Å²) in [7, 11) is -4.54. The lowest BCUT2D eigenvalue weighted by molar-refractivity contribution is -0.139. The summed E-state index contributed by atoms with van der Waals surface area (Å²) in [6, 6.07) is 14.8. The second-order valence-electron chi connectivity index (χ2n) is 7.20. The van der Waals surface area contributed by atoms with E-state index in [1.54, 1.807) is 0 Å². The number of carbonyl (C=O) groups is 1. The van der Waals surface area contributed by atoms with E-state index in [1.165, 1.54) is 54.6 Å². The van der Waals surface area contributed by atoms with E-state index in [0.29, 0.717) is 15.4 Å². The normalized spacial score (nSPS) is 12.8. The van der Waals surface area contributed by atoms with Gasteiger partial charge in [-0.05, 0) is 53.6 Å². The zero-order valence-corrected chi connectivity index (χ0v) is 18.9. The van der Waals surface area contributed by atoms with Crippen molar-refractivity contribution in [3.05, 3.63) is 100 Å². The SMILES string of the molecule is N#Cc1ccc(CN(C(C(N)=O)c2ccccc2C(F)(F)F)S(=O)(=O)c2ccc(Cl)cc2)cc1. The minimum Gasteiger partial charge on any atom is -0.368 e. The minimum atomic E-state index is -4.87. The summed E-state index contributed by atoms with van der Waals surface area (Å²) in [6.45, 7) is -0.490. The Bertz CT molecular complexity index is 1340. The molecule has 34 heavy (non-hydrogen) atoms. The summed E-state index contributed by atoms with van der Waals surface area (Å²) in [5.41, 5.74) is 4.34. The number of carbonyl (C=O) groups excluding carboxylic acids is 1. The van der Waals surface area contributed by atoms with Gasteiger partial charge in [0.15, 0.2) is 0 Å². The lowest BCUT2D eigenvalue weighted by Crippen LogP contribution is -2.42. The molecule has 2 N–H and O–H groups in total. The predicted molar refractivity (Wildman–Crippen MR) is 119 cm³/mol. The molecule has 0 heterocycles. The molecule has 0 radical (unpaired) electrons. The minimum absolute atomic E-state index is 0.242. The number of nitrogens with two attached hydrogens (primary N) is 1. The van der Waals surface area contributed by atoms with Gasteiger partial charge in [0.25, 0.3) is 0 Å². The van der Waals surface area contributed by atoms with Crippen LogP contribution in [0.15, 0.2) is 77.7 Å². The molecule has 3 rings (SSSR count). The van der Waals surface area contributed by atoms with Crippen molar-refractivity contribution in [3.63, 3.8) is 0 Å². The lowest BCUT2D eigenvalue weighted by Gasteiger charge is -2.31. The predicted octanol–water partition coefficient (Wildman–Crippen LogP) is 4.65. The van der Waals surface area contributed by atoms with Crippen molar-refractivity contribution in [3.8, 4) is 6.07 Å². The first-order valence-corrected chi connectivity index (χ1v) is 11.5. The fraction of sp³-hybridized carbons (Fsp3) is 0.130. The van der Waals surface area contributed by atoms with Crippen molar-refractivity contribution in [1.82, 2.24) is 4.31 Å². The van der Waals surface area contributed by atoms with Gasteiger partial charge in [-0.1, -0.05) is 41.9 Å². The molecular weight excluding hydrogens is 491 g/mol. The highest BCUT2D eigenvalue weighted by molar-refractivity contribution is 7.89. The van der Waals surface area contributed by atoms with E-state index in [1.807, 2.05) is 6.07 Å². The van der Waals surface area contributed by atoms with Crippen LogP contribution in [0.3, 0.4) is 0 Å². The first kappa shape index (κ1) is 25.2. The van der Waals surface area contributed by atoms with Crippen molar-refractivity contribution >= 4 is 27.5 Å². The van der Waals surface area contributed by atoms with Gasteiger partial charge in [0.1, 0.15) is 6.04 Å². The number of halogens is 4. The van der Waals surface area contributed by atoms with Gasteiger partial charge in [0.05, 0.1) is 22.1 Å². The summed E-state index contributed by atoms with van der Waals surface area (Å²) < 4.78 is 69.0. The molecule has 1 atom stereocenters. The van der Waals surface area contributed by atoms with Crippen molar-refractivity contribution in [2.24, 2.45) is 5.73 Å². The highest BCUT2D eigenvalue weighted by atomic mass is 35.5. The smallest absolute Gasteiger partial charge is 0.368 e. The molecular formula is C23H17ClF3N3O3S. The molecule has 0 spiro atoms. The third-order valence-electron chi connectivity index (χ3n) is 4.96. The highest BCUT2D eigenvalue weighted by Gasteiger charge is 2.42. The molecule has 0 aliphatic carbocycles. The van der Waals surface area contributed by atoms with Crippen molar-refractivity contribution in [1.29, 1.82) is 5.26 Å². The molecule has 0 aliphatic rings. The van der Waals surface area contributed by atoms with E-state index in [9.17, 15) is 26.4 Å². The van der Waals surface area contributed by atoms with Crippen LogP contribution in [-0.4, -0.2) is 18.6 Å².